The van der Waals surface area contributed by atoms with Crippen molar-refractivity contribution < 1.29 is 0 Å². The number of hydrogen-bond donors (Lipinski definition) is 0. The van der Waals surface area contributed by atoms with E-state index in [1.807, 2.05) is 0 Å². The Balaban J connectivity index is 3.14. The number of alkyl halides is 3. The van der Waals surface area contributed by atoms with Crippen molar-refractivity contribution in [3.8, 4) is 0 Å². The molecular formula is C10H16IN. The van der Waals surface area contributed by atoms with Crippen molar-refractivity contribution in [1.29, 1.82) is 0 Å². The molecule has 12 heavy (non-hydrogen) atoms. The maximum absolute atomic E-state index is 4.77. The number of hydrogen-bond acceptors (Lipinski definition) is 1. The third-order valence-electron chi connectivity index (χ3n) is 1.46. The third-order valence-corrected chi connectivity index (χ3v) is 3.43. The minimum absolute atomic E-state index is 1.18. The summed E-state index contributed by atoms with van der Waals surface area (Å²) in [6.07, 6.45) is 0. The van der Waals surface area contributed by atoms with Crippen LogP contribution in [-0.4, -0.2) is 14.8 Å². The minimum atomic E-state index is -1.70. The molecule has 0 heterocycles. The molecule has 0 N–H and O–H groups in total. The van der Waals surface area contributed by atoms with Gasteiger partial charge in [-0.05, 0) is 0 Å². The summed E-state index contributed by atoms with van der Waals surface area (Å²) in [5.41, 5.74) is 2.47. The molecule has 68 valence electrons. The van der Waals surface area contributed by atoms with Crippen molar-refractivity contribution in [3.63, 3.8) is 0 Å². The second-order valence-corrected chi connectivity index (χ2v) is 13.4. The third kappa shape index (κ3) is 3.01. The second kappa shape index (κ2) is 3.64. The topological polar surface area (TPSA) is 12.4 Å². The number of benzene rings is 1. The molecule has 0 bridgehead atoms. The summed E-state index contributed by atoms with van der Waals surface area (Å²) < 4.78 is 4.77. The van der Waals surface area contributed by atoms with Gasteiger partial charge >= 0.3 is 78.6 Å². The Morgan fingerprint density at radius 3 is 2.17 bits per heavy atom. The summed E-state index contributed by atoms with van der Waals surface area (Å²) in [5, 5.41) is 0. The molecular weight excluding hydrogens is 261 g/mol. The van der Waals surface area contributed by atoms with Crippen molar-refractivity contribution in [2.24, 2.45) is 3.15 Å². The van der Waals surface area contributed by atoms with E-state index in [0.29, 0.717) is 0 Å². The molecule has 1 aromatic carbocycles. The Kier molecular flexibility index (Phi) is 2.99. The van der Waals surface area contributed by atoms with Crippen LogP contribution in [0.15, 0.2) is 27.4 Å². The van der Waals surface area contributed by atoms with E-state index >= 15 is 0 Å². The van der Waals surface area contributed by atoms with Gasteiger partial charge in [0.05, 0.1) is 0 Å². The normalized spacial score (nSPS) is 12.7. The molecule has 2 heteroatoms. The van der Waals surface area contributed by atoms with Crippen LogP contribution in [0.4, 0.5) is 5.69 Å². The fraction of sp³-hybridized carbons (Fsp3) is 0.400. The Morgan fingerprint density at radius 2 is 1.67 bits per heavy atom. The molecule has 0 spiro atoms. The van der Waals surface area contributed by atoms with Gasteiger partial charge in [-0.2, -0.15) is 0 Å². The molecule has 0 saturated carbocycles. The molecule has 0 radical (unpaired) electrons. The van der Waals surface area contributed by atoms with Crippen LogP contribution in [0.25, 0.3) is 0 Å². The number of aryl methyl sites for hydroxylation is 1. The van der Waals surface area contributed by atoms with E-state index in [-0.39, 0.29) is 0 Å². The van der Waals surface area contributed by atoms with E-state index in [1.54, 1.807) is 0 Å². The number of nitrogens with zero attached hydrogens (tertiary/aromatic N) is 1. The van der Waals surface area contributed by atoms with E-state index in [9.17, 15) is 0 Å². The number of halogens is 1. The van der Waals surface area contributed by atoms with Gasteiger partial charge < -0.3 is 0 Å². The van der Waals surface area contributed by atoms with Gasteiger partial charge in [0.15, 0.2) is 0 Å². The van der Waals surface area contributed by atoms with Crippen molar-refractivity contribution >= 4 is 23.9 Å². The van der Waals surface area contributed by atoms with Gasteiger partial charge in [0, 0.05) is 0 Å². The average Bonchev–Trinajstić information content (AvgIpc) is 1.91. The zero-order chi connectivity index (χ0) is 9.19. The van der Waals surface area contributed by atoms with Crippen molar-refractivity contribution in [1.82, 2.24) is 0 Å². The molecule has 0 aliphatic carbocycles. The van der Waals surface area contributed by atoms with Gasteiger partial charge in [-0.25, -0.2) is 0 Å². The van der Waals surface area contributed by atoms with Crippen molar-refractivity contribution in [2.75, 3.05) is 14.8 Å². The zero-order valence-corrected chi connectivity index (χ0v) is 10.3. The Morgan fingerprint density at radius 1 is 1.08 bits per heavy atom. The van der Waals surface area contributed by atoms with Crippen LogP contribution in [0, 0.1) is 6.92 Å². The van der Waals surface area contributed by atoms with Gasteiger partial charge in [-0.15, -0.1) is 0 Å². The summed E-state index contributed by atoms with van der Waals surface area (Å²) in [6.45, 7) is 2.12. The first-order valence-corrected chi connectivity index (χ1v) is 11.3. The maximum atomic E-state index is 4.77. The van der Waals surface area contributed by atoms with Crippen LogP contribution in [0.5, 0.6) is 0 Å². The van der Waals surface area contributed by atoms with Crippen LogP contribution in [0.3, 0.4) is 0 Å². The Labute approximate surface area is 78.6 Å². The van der Waals surface area contributed by atoms with Gasteiger partial charge in [0.25, 0.3) is 0 Å². The van der Waals surface area contributed by atoms with E-state index < -0.39 is 18.3 Å². The standard InChI is InChI=1S/C10H16IN/c1-9-7-5-6-8-10(9)12-11(2,3)4/h5-8H,1-4H3. The van der Waals surface area contributed by atoms with E-state index in [1.165, 1.54) is 11.3 Å². The molecule has 0 aliphatic rings. The zero-order valence-electron chi connectivity index (χ0n) is 8.13. The predicted molar refractivity (Wildman–Crippen MR) is 65.1 cm³/mol. The Bertz CT molecular complexity index is 314. The molecule has 0 amide bonds. The summed E-state index contributed by atoms with van der Waals surface area (Å²) in [7, 11) is 0. The van der Waals surface area contributed by atoms with Gasteiger partial charge in [-0.1, -0.05) is 0 Å². The molecule has 1 nitrogen and oxygen atoms in total. The monoisotopic (exact) mass is 277 g/mol. The summed E-state index contributed by atoms with van der Waals surface area (Å²) in [6, 6.07) is 8.33. The summed E-state index contributed by atoms with van der Waals surface area (Å²) in [4.78, 5) is 6.87. The molecule has 1 rings (SSSR count). The summed E-state index contributed by atoms with van der Waals surface area (Å²) >= 11 is -1.70. The SMILES string of the molecule is Cc1ccccc1N=I(C)(C)C. The quantitative estimate of drug-likeness (QED) is 0.547. The van der Waals surface area contributed by atoms with E-state index in [4.69, 9.17) is 3.15 Å². The molecule has 0 aromatic heterocycles. The van der Waals surface area contributed by atoms with Crippen molar-refractivity contribution in [2.45, 2.75) is 6.92 Å². The molecule has 0 saturated heterocycles. The fourth-order valence-corrected chi connectivity index (χ4v) is 3.03. The second-order valence-electron chi connectivity index (χ2n) is 3.51. The van der Waals surface area contributed by atoms with E-state index in [2.05, 4.69) is 46.0 Å². The van der Waals surface area contributed by atoms with Gasteiger partial charge in [0.1, 0.15) is 0 Å². The first-order valence-electron chi connectivity index (χ1n) is 3.85. The van der Waals surface area contributed by atoms with Crippen molar-refractivity contribution in [3.05, 3.63) is 29.8 Å². The fourth-order valence-electron chi connectivity index (χ4n) is 0.931. The van der Waals surface area contributed by atoms with Crippen LogP contribution in [0.1, 0.15) is 5.56 Å². The van der Waals surface area contributed by atoms with Crippen LogP contribution < -0.4 is 0 Å². The summed E-state index contributed by atoms with van der Waals surface area (Å²) in [5.74, 6) is 0. The predicted octanol–water partition coefficient (Wildman–Crippen LogP) is 3.74. The number of rotatable bonds is 1. The van der Waals surface area contributed by atoms with Crippen LogP contribution >= 0.6 is 18.3 Å². The molecule has 0 atom stereocenters. The Hall–Kier alpha value is -0.250. The average molecular weight is 277 g/mol. The molecule has 0 aliphatic heterocycles. The van der Waals surface area contributed by atoms with Gasteiger partial charge in [-0.3, -0.25) is 0 Å². The first-order chi connectivity index (χ1) is 5.49. The molecule has 0 fully saturated rings. The molecule has 1 aromatic rings. The van der Waals surface area contributed by atoms with E-state index in [0.717, 1.165) is 0 Å². The molecule has 0 unspecified atom stereocenters. The first kappa shape index (κ1) is 9.84. The van der Waals surface area contributed by atoms with Crippen LogP contribution in [0.2, 0.25) is 0 Å². The van der Waals surface area contributed by atoms with Gasteiger partial charge in [0.2, 0.25) is 0 Å². The van der Waals surface area contributed by atoms with Crippen LogP contribution in [-0.2, 0) is 0 Å².